The van der Waals surface area contributed by atoms with E-state index in [-0.39, 0.29) is 17.0 Å². The Hall–Kier alpha value is -3.91. The van der Waals surface area contributed by atoms with Gasteiger partial charge < -0.3 is 10.3 Å². The number of aromatic nitrogens is 3. The standard InChI is InChI=1S/C26H21FN4O2S/c1-15-8-7-13-21(16(15)2)31-25(33)24-23(17-9-3-5-11-19(17)29-24)30-26(31)34-14-22(32)28-20-12-6-4-10-18(20)27/h3-13,29H,14H2,1-2H3,(H,28,32). The highest BCUT2D eigenvalue weighted by Crippen LogP contribution is 2.28. The second-order valence-corrected chi connectivity index (χ2v) is 8.91. The number of H-pyrrole nitrogens is 1. The molecule has 34 heavy (non-hydrogen) atoms. The lowest BCUT2D eigenvalue weighted by atomic mass is 10.1. The summed E-state index contributed by atoms with van der Waals surface area (Å²) in [6.45, 7) is 3.93. The molecule has 2 heterocycles. The Kier molecular flexibility index (Phi) is 5.67. The number of aromatic amines is 1. The Morgan fingerprint density at radius 1 is 1.06 bits per heavy atom. The van der Waals surface area contributed by atoms with E-state index in [1.54, 1.807) is 16.7 Å². The molecule has 5 aromatic rings. The van der Waals surface area contributed by atoms with Crippen molar-refractivity contribution in [3.8, 4) is 5.69 Å². The quantitative estimate of drug-likeness (QED) is 0.267. The van der Waals surface area contributed by atoms with E-state index >= 15 is 0 Å². The highest BCUT2D eigenvalue weighted by Gasteiger charge is 2.19. The molecule has 0 saturated heterocycles. The smallest absolute Gasteiger partial charge is 0.283 e. The van der Waals surface area contributed by atoms with Crippen molar-refractivity contribution in [1.82, 2.24) is 14.5 Å². The van der Waals surface area contributed by atoms with E-state index in [2.05, 4.69) is 10.3 Å². The van der Waals surface area contributed by atoms with E-state index in [4.69, 9.17) is 4.98 Å². The van der Waals surface area contributed by atoms with Crippen LogP contribution in [-0.2, 0) is 4.79 Å². The van der Waals surface area contributed by atoms with Crippen molar-refractivity contribution >= 4 is 45.3 Å². The van der Waals surface area contributed by atoms with Crippen molar-refractivity contribution in [2.45, 2.75) is 19.0 Å². The average molecular weight is 473 g/mol. The third kappa shape index (κ3) is 3.86. The molecular formula is C26H21FN4O2S. The van der Waals surface area contributed by atoms with E-state index in [0.717, 1.165) is 33.8 Å². The maximum atomic E-state index is 13.9. The molecule has 0 aliphatic carbocycles. The normalized spacial score (nSPS) is 11.3. The Balaban J connectivity index is 1.61. The summed E-state index contributed by atoms with van der Waals surface area (Å²) in [6, 6.07) is 19.3. The van der Waals surface area contributed by atoms with Crippen LogP contribution in [0.25, 0.3) is 27.6 Å². The number of nitrogens with one attached hydrogen (secondary N) is 2. The number of anilines is 1. The molecule has 8 heteroatoms. The number of thioether (sulfide) groups is 1. The third-order valence-corrected chi connectivity index (χ3v) is 6.73. The first-order valence-electron chi connectivity index (χ1n) is 10.7. The second kappa shape index (κ2) is 8.79. The van der Waals surface area contributed by atoms with Crippen molar-refractivity contribution in [2.75, 3.05) is 11.1 Å². The van der Waals surface area contributed by atoms with E-state index in [1.165, 1.54) is 12.1 Å². The molecule has 0 spiro atoms. The van der Waals surface area contributed by atoms with Crippen LogP contribution in [0, 0.1) is 19.7 Å². The van der Waals surface area contributed by atoms with E-state index in [1.807, 2.05) is 56.3 Å². The van der Waals surface area contributed by atoms with Crippen molar-refractivity contribution in [3.63, 3.8) is 0 Å². The highest BCUT2D eigenvalue weighted by atomic mass is 32.2. The SMILES string of the molecule is Cc1cccc(-n2c(SCC(=O)Nc3ccccc3F)nc3c([nH]c4ccccc43)c2=O)c1C. The van der Waals surface area contributed by atoms with Crippen molar-refractivity contribution in [1.29, 1.82) is 0 Å². The molecular weight excluding hydrogens is 451 g/mol. The number of para-hydroxylation sites is 2. The third-order valence-electron chi connectivity index (χ3n) is 5.79. The number of hydrogen-bond acceptors (Lipinski definition) is 4. The van der Waals surface area contributed by atoms with Gasteiger partial charge in [-0.15, -0.1) is 0 Å². The molecule has 0 radical (unpaired) electrons. The van der Waals surface area contributed by atoms with Crippen LogP contribution in [0.15, 0.2) is 76.7 Å². The minimum absolute atomic E-state index is 0.0422. The van der Waals surface area contributed by atoms with E-state index < -0.39 is 11.7 Å². The summed E-state index contributed by atoms with van der Waals surface area (Å²) in [5.41, 5.74) is 4.33. The number of nitrogens with zero attached hydrogens (tertiary/aromatic N) is 2. The van der Waals surface area contributed by atoms with Gasteiger partial charge in [0, 0.05) is 10.9 Å². The number of carbonyl (C=O) groups excluding carboxylic acids is 1. The fourth-order valence-corrected chi connectivity index (χ4v) is 4.71. The zero-order valence-corrected chi connectivity index (χ0v) is 19.4. The molecule has 0 aliphatic heterocycles. The molecule has 0 aliphatic rings. The Morgan fingerprint density at radius 3 is 2.65 bits per heavy atom. The zero-order valence-electron chi connectivity index (χ0n) is 18.6. The summed E-state index contributed by atoms with van der Waals surface area (Å²) < 4.78 is 15.5. The van der Waals surface area contributed by atoms with Gasteiger partial charge in [0.15, 0.2) is 5.16 Å². The number of halogens is 1. The van der Waals surface area contributed by atoms with Gasteiger partial charge in [0.1, 0.15) is 16.9 Å². The van der Waals surface area contributed by atoms with Crippen LogP contribution in [-0.4, -0.2) is 26.2 Å². The molecule has 3 aromatic carbocycles. The fraction of sp³-hybridized carbons (Fsp3) is 0.115. The molecule has 0 bridgehead atoms. The fourth-order valence-electron chi connectivity index (χ4n) is 3.91. The molecule has 2 N–H and O–H groups in total. The molecule has 0 unspecified atom stereocenters. The van der Waals surface area contributed by atoms with Gasteiger partial charge in [0.25, 0.3) is 5.56 Å². The largest absolute Gasteiger partial charge is 0.349 e. The van der Waals surface area contributed by atoms with Crippen LogP contribution in [0.5, 0.6) is 0 Å². The van der Waals surface area contributed by atoms with Crippen LogP contribution in [0.3, 0.4) is 0 Å². The van der Waals surface area contributed by atoms with Crippen LogP contribution in [0.1, 0.15) is 11.1 Å². The van der Waals surface area contributed by atoms with Gasteiger partial charge in [-0.1, -0.05) is 54.2 Å². The number of hydrogen-bond donors (Lipinski definition) is 2. The van der Waals surface area contributed by atoms with Crippen LogP contribution >= 0.6 is 11.8 Å². The zero-order chi connectivity index (χ0) is 23.8. The molecule has 0 fully saturated rings. The van der Waals surface area contributed by atoms with E-state index in [0.29, 0.717) is 21.9 Å². The molecule has 6 nitrogen and oxygen atoms in total. The number of aryl methyl sites for hydroxylation is 1. The van der Waals surface area contributed by atoms with Gasteiger partial charge in [-0.05, 0) is 49.2 Å². The first-order valence-corrected chi connectivity index (χ1v) is 11.7. The van der Waals surface area contributed by atoms with Crippen LogP contribution < -0.4 is 10.9 Å². The molecule has 0 atom stereocenters. The number of amides is 1. The van der Waals surface area contributed by atoms with Gasteiger partial charge in [-0.2, -0.15) is 0 Å². The molecule has 5 rings (SSSR count). The number of benzene rings is 3. The van der Waals surface area contributed by atoms with Crippen molar-refractivity contribution in [2.24, 2.45) is 0 Å². The molecule has 0 saturated carbocycles. The van der Waals surface area contributed by atoms with Gasteiger partial charge in [-0.25, -0.2) is 9.37 Å². The highest BCUT2D eigenvalue weighted by molar-refractivity contribution is 7.99. The second-order valence-electron chi connectivity index (χ2n) is 7.96. The maximum Gasteiger partial charge on any atom is 0.283 e. The average Bonchev–Trinajstić information content (AvgIpc) is 3.21. The van der Waals surface area contributed by atoms with Gasteiger partial charge in [0.05, 0.1) is 17.1 Å². The predicted octanol–water partition coefficient (Wildman–Crippen LogP) is 5.35. The maximum absolute atomic E-state index is 13.9. The first kappa shape index (κ1) is 21.9. The summed E-state index contributed by atoms with van der Waals surface area (Å²) in [5.74, 6) is -0.943. The number of fused-ring (bicyclic) bond motifs is 3. The molecule has 170 valence electrons. The van der Waals surface area contributed by atoms with Crippen molar-refractivity contribution in [3.05, 3.63) is 94.0 Å². The molecule has 2 aromatic heterocycles. The lowest BCUT2D eigenvalue weighted by Gasteiger charge is -2.15. The predicted molar refractivity (Wildman–Crippen MR) is 134 cm³/mol. The van der Waals surface area contributed by atoms with Gasteiger partial charge in [0.2, 0.25) is 5.91 Å². The minimum atomic E-state index is -0.508. The topological polar surface area (TPSA) is 79.8 Å². The van der Waals surface area contributed by atoms with Crippen LogP contribution in [0.2, 0.25) is 0 Å². The van der Waals surface area contributed by atoms with Crippen LogP contribution in [0.4, 0.5) is 10.1 Å². The summed E-state index contributed by atoms with van der Waals surface area (Å²) in [6.07, 6.45) is 0. The summed E-state index contributed by atoms with van der Waals surface area (Å²) in [7, 11) is 0. The monoisotopic (exact) mass is 472 g/mol. The van der Waals surface area contributed by atoms with E-state index in [9.17, 15) is 14.0 Å². The Labute approximate surface area is 198 Å². The van der Waals surface area contributed by atoms with Crippen molar-refractivity contribution < 1.29 is 9.18 Å². The van der Waals surface area contributed by atoms with Gasteiger partial charge >= 0.3 is 0 Å². The lowest BCUT2D eigenvalue weighted by molar-refractivity contribution is -0.113. The number of carbonyl (C=O) groups is 1. The first-order chi connectivity index (χ1) is 16.4. The Bertz CT molecular complexity index is 1620. The minimum Gasteiger partial charge on any atom is -0.349 e. The summed E-state index contributed by atoms with van der Waals surface area (Å²) in [4.78, 5) is 34.3. The van der Waals surface area contributed by atoms with Gasteiger partial charge in [-0.3, -0.25) is 14.2 Å². The summed E-state index contributed by atoms with van der Waals surface area (Å²) >= 11 is 1.13. The lowest BCUT2D eigenvalue weighted by Crippen LogP contribution is -2.24. The number of rotatable bonds is 5. The molecule has 1 amide bonds. The summed E-state index contributed by atoms with van der Waals surface area (Å²) in [5, 5.41) is 3.80. The Morgan fingerprint density at radius 2 is 1.82 bits per heavy atom.